The van der Waals surface area contributed by atoms with Crippen LogP contribution in [-0.4, -0.2) is 40.2 Å². The summed E-state index contributed by atoms with van der Waals surface area (Å²) < 4.78 is 5.14. The van der Waals surface area contributed by atoms with Crippen molar-refractivity contribution in [1.29, 1.82) is 0 Å². The largest absolute Gasteiger partial charge is 0.390 e. The minimum Gasteiger partial charge on any atom is -0.390 e. The number of carbonyl (C=O) groups is 1. The van der Waals surface area contributed by atoms with E-state index in [-0.39, 0.29) is 17.7 Å². The molecule has 2 aliphatic heterocycles. The number of rotatable bonds is 3. The first-order valence-corrected chi connectivity index (χ1v) is 5.41. The second-order valence-corrected chi connectivity index (χ2v) is 4.66. The summed E-state index contributed by atoms with van der Waals surface area (Å²) in [6.07, 6.45) is -0.916. The van der Waals surface area contributed by atoms with Gasteiger partial charge in [-0.2, -0.15) is 0 Å². The fourth-order valence-corrected chi connectivity index (χ4v) is 2.51. The number of aliphatic hydroxyl groups is 2. The summed E-state index contributed by atoms with van der Waals surface area (Å²) in [6.45, 7) is 7.10. The number of hydrogen-bond acceptors (Lipinski definition) is 4. The van der Waals surface area contributed by atoms with E-state index in [1.807, 2.05) is 0 Å². The summed E-state index contributed by atoms with van der Waals surface area (Å²) in [5.74, 6) is -0.779. The smallest absolute Gasteiger partial charge is 0.226 e. The van der Waals surface area contributed by atoms with Gasteiger partial charge in [0.15, 0.2) is 6.29 Å². The van der Waals surface area contributed by atoms with Crippen LogP contribution >= 0.6 is 0 Å². The summed E-state index contributed by atoms with van der Waals surface area (Å²) in [7, 11) is 0. The van der Waals surface area contributed by atoms with E-state index in [0.717, 1.165) is 0 Å². The molecule has 0 spiro atoms. The van der Waals surface area contributed by atoms with Crippen LogP contribution in [0.2, 0.25) is 0 Å². The number of fused-ring (bicyclic) bond motifs is 1. The lowest BCUT2D eigenvalue weighted by Crippen LogP contribution is -2.76. The minimum atomic E-state index is -1.15. The molecule has 2 rings (SSSR count). The number of aliphatic hydroxyl groups excluding tert-OH is 2. The Balaban J connectivity index is 2.29. The van der Waals surface area contributed by atoms with Crippen LogP contribution in [0.15, 0.2) is 12.7 Å². The number of hydrogen-bond donors (Lipinski definition) is 3. The zero-order valence-electron chi connectivity index (χ0n) is 9.38. The molecule has 5 heteroatoms. The zero-order chi connectivity index (χ0) is 12.1. The summed E-state index contributed by atoms with van der Waals surface area (Å²) in [4.78, 5) is 11.6. The van der Waals surface area contributed by atoms with E-state index in [4.69, 9.17) is 4.74 Å². The fraction of sp³-hybridized carbons (Fsp3) is 0.727. The molecule has 0 radical (unpaired) electrons. The van der Waals surface area contributed by atoms with Gasteiger partial charge in [-0.25, -0.2) is 0 Å². The molecule has 2 heterocycles. The van der Waals surface area contributed by atoms with Gasteiger partial charge in [0.2, 0.25) is 5.91 Å². The average Bonchev–Trinajstić information content (AvgIpc) is 2.47. The molecule has 1 amide bonds. The third-order valence-electron chi connectivity index (χ3n) is 3.72. The molecule has 5 nitrogen and oxygen atoms in total. The van der Waals surface area contributed by atoms with Gasteiger partial charge >= 0.3 is 0 Å². The van der Waals surface area contributed by atoms with Crippen molar-refractivity contribution in [3.63, 3.8) is 0 Å². The number of amides is 1. The maximum Gasteiger partial charge on any atom is 0.226 e. The van der Waals surface area contributed by atoms with Crippen LogP contribution in [-0.2, 0) is 9.53 Å². The molecule has 0 aliphatic carbocycles. The van der Waals surface area contributed by atoms with Gasteiger partial charge in [0, 0.05) is 5.92 Å². The third kappa shape index (κ3) is 1.19. The highest BCUT2D eigenvalue weighted by atomic mass is 16.6. The molecular formula is C11H17NO4. The third-order valence-corrected chi connectivity index (χ3v) is 3.72. The lowest BCUT2D eigenvalue weighted by molar-refractivity contribution is -0.321. The van der Waals surface area contributed by atoms with Crippen molar-refractivity contribution in [2.45, 2.75) is 37.9 Å². The van der Waals surface area contributed by atoms with Gasteiger partial charge in [-0.05, 0) is 0 Å². The predicted molar refractivity (Wildman–Crippen MR) is 56.3 cm³/mol. The van der Waals surface area contributed by atoms with Gasteiger partial charge in [-0.15, -0.1) is 6.58 Å². The Labute approximate surface area is 94.1 Å². The molecule has 0 saturated carbocycles. The molecule has 0 aromatic heterocycles. The Kier molecular flexibility index (Phi) is 2.57. The van der Waals surface area contributed by atoms with Gasteiger partial charge in [0.25, 0.3) is 0 Å². The topological polar surface area (TPSA) is 78.8 Å². The van der Waals surface area contributed by atoms with Crippen molar-refractivity contribution in [2.24, 2.45) is 11.8 Å². The van der Waals surface area contributed by atoms with Crippen LogP contribution in [0.4, 0.5) is 0 Å². The molecule has 2 aliphatic rings. The Morgan fingerprint density at radius 1 is 1.69 bits per heavy atom. The van der Waals surface area contributed by atoms with Crippen molar-refractivity contribution in [2.75, 3.05) is 0 Å². The molecule has 6 atom stereocenters. The minimum absolute atomic E-state index is 0.197. The molecular weight excluding hydrogens is 210 g/mol. The molecule has 16 heavy (non-hydrogen) atoms. The lowest BCUT2D eigenvalue weighted by atomic mass is 9.75. The number of ether oxygens (including phenoxy) is 1. The Morgan fingerprint density at radius 2 is 2.31 bits per heavy atom. The van der Waals surface area contributed by atoms with E-state index in [2.05, 4.69) is 11.9 Å². The van der Waals surface area contributed by atoms with Crippen molar-refractivity contribution in [3.05, 3.63) is 12.7 Å². The van der Waals surface area contributed by atoms with Crippen molar-refractivity contribution in [1.82, 2.24) is 5.32 Å². The molecule has 90 valence electrons. The summed E-state index contributed by atoms with van der Waals surface area (Å²) in [6, 6.07) is 0. The molecule has 0 bridgehead atoms. The summed E-state index contributed by atoms with van der Waals surface area (Å²) >= 11 is 0. The maximum atomic E-state index is 11.6. The monoisotopic (exact) mass is 227 g/mol. The molecule has 3 N–H and O–H groups in total. The SMILES string of the molecule is C=CC(C)[C@H](O)[C@@]12NC(=O)[C@H](C)[C@@H]1OC2O. The average molecular weight is 227 g/mol. The molecule has 2 fully saturated rings. The highest BCUT2D eigenvalue weighted by Gasteiger charge is 2.69. The quantitative estimate of drug-likeness (QED) is 0.562. The standard InChI is InChI=1S/C11H17NO4/c1-4-5(2)7(13)11-8(16-10(11)15)6(3)9(14)12-11/h4-8,10,13,15H,1H2,2-3H3,(H,12,14)/t5?,6-,7+,8+,10?,11-/m1/s1. The van der Waals surface area contributed by atoms with Gasteiger partial charge in [-0.3, -0.25) is 4.79 Å². The first-order valence-electron chi connectivity index (χ1n) is 5.41. The Bertz CT molecular complexity index is 332. The zero-order valence-corrected chi connectivity index (χ0v) is 9.38. The van der Waals surface area contributed by atoms with E-state index >= 15 is 0 Å². The molecule has 2 unspecified atom stereocenters. The van der Waals surface area contributed by atoms with Crippen molar-refractivity contribution in [3.8, 4) is 0 Å². The van der Waals surface area contributed by atoms with Crippen molar-refractivity contribution >= 4 is 5.91 Å². The normalized spacial score (nSPS) is 45.2. The van der Waals surface area contributed by atoms with E-state index in [0.29, 0.717) is 0 Å². The maximum absolute atomic E-state index is 11.6. The van der Waals surface area contributed by atoms with Crippen LogP contribution in [0.1, 0.15) is 13.8 Å². The first kappa shape index (κ1) is 11.6. The summed E-state index contributed by atoms with van der Waals surface area (Å²) in [5.41, 5.74) is -1.07. The lowest BCUT2D eigenvalue weighted by Gasteiger charge is -2.52. The van der Waals surface area contributed by atoms with Crippen LogP contribution in [0.25, 0.3) is 0 Å². The Morgan fingerprint density at radius 3 is 2.75 bits per heavy atom. The van der Waals surface area contributed by atoms with E-state index in [1.54, 1.807) is 19.9 Å². The number of carbonyl (C=O) groups excluding carboxylic acids is 1. The van der Waals surface area contributed by atoms with Crippen LogP contribution in [0.3, 0.4) is 0 Å². The highest BCUT2D eigenvalue weighted by molar-refractivity contribution is 5.84. The second kappa shape index (κ2) is 3.55. The van der Waals surface area contributed by atoms with Gasteiger partial charge in [0.1, 0.15) is 11.6 Å². The van der Waals surface area contributed by atoms with E-state index < -0.39 is 24.0 Å². The number of nitrogens with one attached hydrogen (secondary N) is 1. The van der Waals surface area contributed by atoms with Crippen molar-refractivity contribution < 1.29 is 19.7 Å². The second-order valence-electron chi connectivity index (χ2n) is 4.66. The van der Waals surface area contributed by atoms with Crippen LogP contribution in [0, 0.1) is 11.8 Å². The van der Waals surface area contributed by atoms with Gasteiger partial charge in [-0.1, -0.05) is 19.9 Å². The predicted octanol–water partition coefficient (Wildman–Crippen LogP) is -0.609. The molecule has 0 aromatic rings. The summed E-state index contributed by atoms with van der Waals surface area (Å²) in [5, 5.41) is 22.5. The first-order chi connectivity index (χ1) is 7.45. The highest BCUT2D eigenvalue weighted by Crippen LogP contribution is 2.45. The van der Waals surface area contributed by atoms with Gasteiger partial charge < -0.3 is 20.3 Å². The molecule has 2 saturated heterocycles. The van der Waals surface area contributed by atoms with E-state index in [9.17, 15) is 15.0 Å². The van der Waals surface area contributed by atoms with Gasteiger partial charge in [0.05, 0.1) is 12.0 Å². The molecule has 0 aromatic carbocycles. The van der Waals surface area contributed by atoms with Crippen LogP contribution < -0.4 is 5.32 Å². The Hall–Kier alpha value is -0.910. The van der Waals surface area contributed by atoms with E-state index in [1.165, 1.54) is 0 Å². The fourth-order valence-electron chi connectivity index (χ4n) is 2.51. The van der Waals surface area contributed by atoms with Crippen LogP contribution in [0.5, 0.6) is 0 Å².